The molecule has 0 bridgehead atoms. The Morgan fingerprint density at radius 3 is 1.96 bits per heavy atom. The van der Waals surface area contributed by atoms with Gasteiger partial charge in [-0.3, -0.25) is 4.79 Å². The van der Waals surface area contributed by atoms with E-state index in [1.165, 1.54) is 17.7 Å². The van der Waals surface area contributed by atoms with Crippen molar-refractivity contribution in [2.24, 2.45) is 5.92 Å². The third kappa shape index (κ3) is 13.5. The maximum Gasteiger partial charge on any atom is 0.408 e. The Morgan fingerprint density at radius 1 is 1.00 bits per heavy atom. The van der Waals surface area contributed by atoms with Gasteiger partial charge in [0.2, 0.25) is 5.91 Å². The summed E-state index contributed by atoms with van der Waals surface area (Å²) in [5, 5.41) is 13.9. The van der Waals surface area contributed by atoms with Gasteiger partial charge in [-0.25, -0.2) is 14.4 Å². The van der Waals surface area contributed by atoms with Crippen LogP contribution in [0, 0.1) is 5.92 Å². The summed E-state index contributed by atoms with van der Waals surface area (Å²) < 4.78 is 10.3. The van der Waals surface area contributed by atoms with Crippen LogP contribution in [0.5, 0.6) is 0 Å². The number of carbonyl (C=O) groups excluding carboxylic acids is 3. The predicted molar refractivity (Wildman–Crippen MR) is 109 cm³/mol. The summed E-state index contributed by atoms with van der Waals surface area (Å²) in [6.07, 6.45) is -0.744. The first-order valence-corrected chi connectivity index (χ1v) is 11.2. The number of aliphatic carboxylic acids is 1. The molecule has 0 aliphatic heterocycles. The molecule has 2 amide bonds. The van der Waals surface area contributed by atoms with Crippen LogP contribution in [0.2, 0.25) is 0 Å². The Morgan fingerprint density at radius 2 is 1.54 bits per heavy atom. The van der Waals surface area contributed by atoms with Crippen LogP contribution < -0.4 is 10.6 Å². The Hall–Kier alpha value is -1.62. The molecule has 0 aromatic carbocycles. The van der Waals surface area contributed by atoms with Crippen molar-refractivity contribution in [2.75, 3.05) is 18.1 Å². The fourth-order valence-corrected chi connectivity index (χ4v) is 3.92. The van der Waals surface area contributed by atoms with E-state index in [0.29, 0.717) is 0 Å². The standard InChI is InChI=1S/C17H30N2O7S2/c1-10(2)7-25-15(23)13(19-16(24)26-17(4,5)6)9-28-27-8-12(14(21)22)18-11(3)20/h10,12-13H,7-9H2,1-6H3,(H,18,20)(H,19,24)(H,21,22)/t12-,13+/m1/s1. The normalized spacial score (nSPS) is 13.4. The van der Waals surface area contributed by atoms with Crippen molar-refractivity contribution in [1.29, 1.82) is 0 Å². The molecule has 0 saturated carbocycles. The number of carbonyl (C=O) groups is 4. The van der Waals surface area contributed by atoms with E-state index in [1.54, 1.807) is 20.8 Å². The average Bonchev–Trinajstić information content (AvgIpc) is 2.51. The number of nitrogens with one attached hydrogen (secondary N) is 2. The highest BCUT2D eigenvalue weighted by molar-refractivity contribution is 8.76. The minimum Gasteiger partial charge on any atom is -0.480 e. The molecule has 0 aromatic rings. The quantitative estimate of drug-likeness (QED) is 0.252. The zero-order valence-electron chi connectivity index (χ0n) is 17.1. The number of carboxylic acid groups (broad SMARTS) is 1. The number of ether oxygens (including phenoxy) is 2. The van der Waals surface area contributed by atoms with Gasteiger partial charge in [0, 0.05) is 18.4 Å². The van der Waals surface area contributed by atoms with Crippen LogP contribution in [0.3, 0.4) is 0 Å². The van der Waals surface area contributed by atoms with E-state index in [0.717, 1.165) is 10.8 Å². The summed E-state index contributed by atoms with van der Waals surface area (Å²) in [7, 11) is 2.35. The van der Waals surface area contributed by atoms with E-state index in [9.17, 15) is 19.2 Å². The fraction of sp³-hybridized carbons (Fsp3) is 0.765. The summed E-state index contributed by atoms with van der Waals surface area (Å²) in [4.78, 5) is 46.4. The van der Waals surface area contributed by atoms with Gasteiger partial charge in [0.05, 0.1) is 6.61 Å². The topological polar surface area (TPSA) is 131 Å². The van der Waals surface area contributed by atoms with Crippen molar-refractivity contribution >= 4 is 45.5 Å². The number of alkyl carbamates (subject to hydrolysis) is 1. The number of esters is 1. The third-order valence-corrected chi connectivity index (χ3v) is 5.18. The number of hydrogen-bond acceptors (Lipinski definition) is 8. The molecule has 0 radical (unpaired) electrons. The predicted octanol–water partition coefficient (Wildman–Crippen LogP) is 2.05. The van der Waals surface area contributed by atoms with Crippen LogP contribution in [-0.4, -0.2) is 64.8 Å². The number of carboxylic acids is 1. The molecule has 0 fully saturated rings. The lowest BCUT2D eigenvalue weighted by Crippen LogP contribution is -2.46. The maximum atomic E-state index is 12.3. The van der Waals surface area contributed by atoms with Crippen molar-refractivity contribution in [2.45, 2.75) is 59.2 Å². The second-order valence-corrected chi connectivity index (χ2v) is 9.94. The molecular formula is C17H30N2O7S2. The molecule has 0 aliphatic carbocycles. The number of amides is 2. The molecule has 9 nitrogen and oxygen atoms in total. The monoisotopic (exact) mass is 438 g/mol. The molecular weight excluding hydrogens is 408 g/mol. The minimum absolute atomic E-state index is 0.0970. The highest BCUT2D eigenvalue weighted by atomic mass is 33.1. The van der Waals surface area contributed by atoms with Gasteiger partial charge >= 0.3 is 18.0 Å². The largest absolute Gasteiger partial charge is 0.480 e. The maximum absolute atomic E-state index is 12.3. The van der Waals surface area contributed by atoms with Crippen LogP contribution in [0.1, 0.15) is 41.5 Å². The first kappa shape index (κ1) is 26.4. The van der Waals surface area contributed by atoms with Crippen molar-refractivity contribution in [3.05, 3.63) is 0 Å². The molecule has 0 aliphatic rings. The smallest absolute Gasteiger partial charge is 0.408 e. The second-order valence-electron chi connectivity index (χ2n) is 7.38. The van der Waals surface area contributed by atoms with Gasteiger partial charge in [0.1, 0.15) is 17.7 Å². The molecule has 0 saturated heterocycles. The van der Waals surface area contributed by atoms with Gasteiger partial charge in [0.25, 0.3) is 0 Å². The molecule has 0 heterocycles. The molecule has 11 heteroatoms. The summed E-state index contributed by atoms with van der Waals surface area (Å²) in [6.45, 7) is 10.3. The minimum atomic E-state index is -1.15. The molecule has 0 spiro atoms. The second kappa shape index (κ2) is 12.8. The Bertz CT molecular complexity index is 550. The number of hydrogen-bond donors (Lipinski definition) is 3. The summed E-state index contributed by atoms with van der Waals surface area (Å²) in [5.74, 6) is -1.80. The highest BCUT2D eigenvalue weighted by Gasteiger charge is 2.26. The molecule has 2 atom stereocenters. The van der Waals surface area contributed by atoms with E-state index >= 15 is 0 Å². The van der Waals surface area contributed by atoms with E-state index in [2.05, 4.69) is 10.6 Å². The van der Waals surface area contributed by atoms with Gasteiger partial charge < -0.3 is 25.2 Å². The van der Waals surface area contributed by atoms with E-state index < -0.39 is 41.6 Å². The lowest BCUT2D eigenvalue weighted by Gasteiger charge is -2.23. The van der Waals surface area contributed by atoms with Gasteiger partial charge in [-0.15, -0.1) is 0 Å². The zero-order chi connectivity index (χ0) is 21.9. The van der Waals surface area contributed by atoms with E-state index in [-0.39, 0.29) is 24.0 Å². The highest BCUT2D eigenvalue weighted by Crippen LogP contribution is 2.23. The van der Waals surface area contributed by atoms with Gasteiger partial charge in [-0.05, 0) is 26.7 Å². The Kier molecular flexibility index (Phi) is 12.0. The van der Waals surface area contributed by atoms with Crippen molar-refractivity contribution in [3.63, 3.8) is 0 Å². The zero-order valence-corrected chi connectivity index (χ0v) is 18.7. The van der Waals surface area contributed by atoms with Gasteiger partial charge in [-0.1, -0.05) is 35.4 Å². The van der Waals surface area contributed by atoms with Crippen LogP contribution in [0.15, 0.2) is 0 Å². The molecule has 0 unspecified atom stereocenters. The Labute approximate surface area is 173 Å². The van der Waals surface area contributed by atoms with Crippen LogP contribution >= 0.6 is 21.6 Å². The molecule has 3 N–H and O–H groups in total. The van der Waals surface area contributed by atoms with Crippen molar-refractivity contribution < 1.29 is 33.8 Å². The summed E-state index contributed by atoms with van der Waals surface area (Å²) >= 11 is 0. The van der Waals surface area contributed by atoms with Crippen molar-refractivity contribution in [1.82, 2.24) is 10.6 Å². The number of rotatable bonds is 11. The average molecular weight is 439 g/mol. The fourth-order valence-electron chi connectivity index (χ4n) is 1.62. The third-order valence-electron chi connectivity index (χ3n) is 2.76. The molecule has 162 valence electrons. The molecule has 0 aromatic heterocycles. The summed E-state index contributed by atoms with van der Waals surface area (Å²) in [6, 6.07) is -1.99. The SMILES string of the molecule is CC(=O)N[C@H](CSSC[C@H](NC(=O)OC(C)(C)C)C(=O)OCC(C)C)C(=O)O. The van der Waals surface area contributed by atoms with E-state index in [4.69, 9.17) is 14.6 Å². The Balaban J connectivity index is 4.74. The van der Waals surface area contributed by atoms with Crippen LogP contribution in [-0.2, 0) is 23.9 Å². The van der Waals surface area contributed by atoms with Crippen LogP contribution in [0.25, 0.3) is 0 Å². The molecule has 28 heavy (non-hydrogen) atoms. The lowest BCUT2D eigenvalue weighted by molar-refractivity contribution is -0.146. The van der Waals surface area contributed by atoms with Gasteiger partial charge in [0.15, 0.2) is 0 Å². The van der Waals surface area contributed by atoms with Crippen LogP contribution in [0.4, 0.5) is 4.79 Å². The first-order valence-electron chi connectivity index (χ1n) is 8.72. The van der Waals surface area contributed by atoms with E-state index in [1.807, 2.05) is 13.8 Å². The lowest BCUT2D eigenvalue weighted by atomic mass is 10.2. The van der Waals surface area contributed by atoms with Gasteiger partial charge in [-0.2, -0.15) is 0 Å². The summed E-state index contributed by atoms with van der Waals surface area (Å²) in [5.41, 5.74) is -0.717. The van der Waals surface area contributed by atoms with Crippen molar-refractivity contribution in [3.8, 4) is 0 Å². The first-order chi connectivity index (χ1) is 12.8. The molecule has 0 rings (SSSR count).